The standard InChI is InChI=1S/C19H30O3/c1-3-4-5-7-12-18(13-14-22-16-15-21-2)19(20)17-10-8-6-9-11-17/h6,8-11,13-14,18-20H,3-5,7,12,15-16H2,1-2H3/b14-13+/t18-,19-/m1/s1. The summed E-state index contributed by atoms with van der Waals surface area (Å²) < 4.78 is 10.4. The van der Waals surface area contributed by atoms with E-state index in [1.807, 2.05) is 36.4 Å². The zero-order chi connectivity index (χ0) is 16.0. The summed E-state index contributed by atoms with van der Waals surface area (Å²) in [6, 6.07) is 9.85. The van der Waals surface area contributed by atoms with Crippen molar-refractivity contribution in [1.82, 2.24) is 0 Å². The van der Waals surface area contributed by atoms with E-state index in [-0.39, 0.29) is 5.92 Å². The molecule has 0 bridgehead atoms. The van der Waals surface area contributed by atoms with Crippen molar-refractivity contribution in [3.8, 4) is 0 Å². The molecule has 22 heavy (non-hydrogen) atoms. The zero-order valence-electron chi connectivity index (χ0n) is 13.9. The molecule has 0 radical (unpaired) electrons. The maximum atomic E-state index is 10.6. The van der Waals surface area contributed by atoms with Gasteiger partial charge in [0.25, 0.3) is 0 Å². The van der Waals surface area contributed by atoms with Crippen LogP contribution in [-0.2, 0) is 9.47 Å². The van der Waals surface area contributed by atoms with Gasteiger partial charge in [0.1, 0.15) is 6.61 Å². The van der Waals surface area contributed by atoms with Crippen molar-refractivity contribution >= 4 is 0 Å². The van der Waals surface area contributed by atoms with E-state index in [0.717, 1.165) is 18.4 Å². The number of hydrogen-bond acceptors (Lipinski definition) is 3. The predicted molar refractivity (Wildman–Crippen MR) is 90.6 cm³/mol. The average molecular weight is 306 g/mol. The van der Waals surface area contributed by atoms with Crippen LogP contribution < -0.4 is 0 Å². The van der Waals surface area contributed by atoms with E-state index in [1.165, 1.54) is 19.3 Å². The molecule has 0 unspecified atom stereocenters. The minimum absolute atomic E-state index is 0.0850. The van der Waals surface area contributed by atoms with Gasteiger partial charge in [-0.05, 0) is 18.1 Å². The number of rotatable bonds is 12. The number of benzene rings is 1. The van der Waals surface area contributed by atoms with E-state index in [2.05, 4.69) is 6.92 Å². The van der Waals surface area contributed by atoms with Crippen LogP contribution in [0.15, 0.2) is 42.7 Å². The third-order valence-electron chi connectivity index (χ3n) is 3.76. The van der Waals surface area contributed by atoms with Crippen molar-refractivity contribution < 1.29 is 14.6 Å². The highest BCUT2D eigenvalue weighted by atomic mass is 16.5. The second-order valence-corrected chi connectivity index (χ2v) is 5.56. The molecule has 0 aliphatic carbocycles. The van der Waals surface area contributed by atoms with Crippen molar-refractivity contribution in [3.63, 3.8) is 0 Å². The van der Waals surface area contributed by atoms with Crippen molar-refractivity contribution in [2.45, 2.75) is 45.1 Å². The Labute approximate surface area is 135 Å². The second-order valence-electron chi connectivity index (χ2n) is 5.56. The molecule has 1 aromatic rings. The number of hydrogen-bond donors (Lipinski definition) is 1. The van der Waals surface area contributed by atoms with Crippen LogP contribution >= 0.6 is 0 Å². The number of unbranched alkanes of at least 4 members (excludes halogenated alkanes) is 3. The van der Waals surface area contributed by atoms with Gasteiger partial charge >= 0.3 is 0 Å². The lowest BCUT2D eigenvalue weighted by Crippen LogP contribution is -2.11. The molecular formula is C19H30O3. The van der Waals surface area contributed by atoms with E-state index >= 15 is 0 Å². The Morgan fingerprint density at radius 1 is 1.09 bits per heavy atom. The molecular weight excluding hydrogens is 276 g/mol. The van der Waals surface area contributed by atoms with Gasteiger partial charge in [-0.25, -0.2) is 0 Å². The smallest absolute Gasteiger partial charge is 0.111 e. The Bertz CT molecular complexity index is 389. The average Bonchev–Trinajstić information content (AvgIpc) is 2.56. The molecule has 1 N–H and O–H groups in total. The molecule has 0 fully saturated rings. The highest BCUT2D eigenvalue weighted by Crippen LogP contribution is 2.27. The van der Waals surface area contributed by atoms with Gasteiger partial charge in [0.15, 0.2) is 0 Å². The van der Waals surface area contributed by atoms with E-state index in [1.54, 1.807) is 13.4 Å². The van der Waals surface area contributed by atoms with Crippen LogP contribution in [0.2, 0.25) is 0 Å². The maximum Gasteiger partial charge on any atom is 0.111 e. The fourth-order valence-electron chi connectivity index (χ4n) is 2.42. The highest BCUT2D eigenvalue weighted by Gasteiger charge is 2.18. The van der Waals surface area contributed by atoms with Crippen LogP contribution in [0.1, 0.15) is 50.7 Å². The normalized spacial score (nSPS) is 14.1. The monoisotopic (exact) mass is 306 g/mol. The fraction of sp³-hybridized carbons (Fsp3) is 0.579. The summed E-state index contributed by atoms with van der Waals surface area (Å²) in [5.74, 6) is 0.0850. The van der Waals surface area contributed by atoms with Crippen LogP contribution in [0.5, 0.6) is 0 Å². The molecule has 0 saturated carbocycles. The summed E-state index contributed by atoms with van der Waals surface area (Å²) in [4.78, 5) is 0. The molecule has 124 valence electrons. The van der Waals surface area contributed by atoms with Gasteiger partial charge in [-0.1, -0.05) is 62.9 Å². The van der Waals surface area contributed by atoms with E-state index in [4.69, 9.17) is 9.47 Å². The Hall–Kier alpha value is -1.32. The molecule has 3 heteroatoms. The molecule has 0 amide bonds. The van der Waals surface area contributed by atoms with Crippen molar-refractivity contribution in [2.24, 2.45) is 5.92 Å². The van der Waals surface area contributed by atoms with Crippen LogP contribution in [-0.4, -0.2) is 25.4 Å². The molecule has 2 atom stereocenters. The Kier molecular flexibility index (Phi) is 10.4. The summed E-state index contributed by atoms with van der Waals surface area (Å²) in [6.07, 6.45) is 9.00. The molecule has 0 spiro atoms. The Morgan fingerprint density at radius 3 is 2.55 bits per heavy atom. The Morgan fingerprint density at radius 2 is 1.86 bits per heavy atom. The first kappa shape index (κ1) is 18.7. The number of ether oxygens (including phenoxy) is 2. The van der Waals surface area contributed by atoms with Gasteiger partial charge in [-0.15, -0.1) is 0 Å². The fourth-order valence-corrected chi connectivity index (χ4v) is 2.42. The first-order valence-corrected chi connectivity index (χ1v) is 8.29. The molecule has 1 rings (SSSR count). The van der Waals surface area contributed by atoms with Crippen molar-refractivity contribution in [1.29, 1.82) is 0 Å². The molecule has 1 aromatic carbocycles. The largest absolute Gasteiger partial charge is 0.499 e. The van der Waals surface area contributed by atoms with Gasteiger partial charge in [0, 0.05) is 13.0 Å². The molecule has 0 aromatic heterocycles. The number of aliphatic hydroxyl groups excluding tert-OH is 1. The third kappa shape index (κ3) is 7.62. The van der Waals surface area contributed by atoms with Crippen LogP contribution in [0.4, 0.5) is 0 Å². The van der Waals surface area contributed by atoms with Crippen molar-refractivity contribution in [3.05, 3.63) is 48.2 Å². The first-order chi connectivity index (χ1) is 10.8. The molecule has 0 aliphatic heterocycles. The van der Waals surface area contributed by atoms with Gasteiger partial charge < -0.3 is 14.6 Å². The molecule has 0 heterocycles. The summed E-state index contributed by atoms with van der Waals surface area (Å²) in [7, 11) is 1.66. The topological polar surface area (TPSA) is 38.7 Å². The van der Waals surface area contributed by atoms with Crippen molar-refractivity contribution in [2.75, 3.05) is 20.3 Å². The third-order valence-corrected chi connectivity index (χ3v) is 3.76. The first-order valence-electron chi connectivity index (χ1n) is 8.29. The summed E-state index contributed by atoms with van der Waals surface area (Å²) >= 11 is 0. The highest BCUT2D eigenvalue weighted by molar-refractivity contribution is 5.19. The minimum Gasteiger partial charge on any atom is -0.499 e. The number of methoxy groups -OCH3 is 1. The number of aliphatic hydroxyl groups is 1. The van der Waals surface area contributed by atoms with Crippen LogP contribution in [0.25, 0.3) is 0 Å². The van der Waals surface area contributed by atoms with E-state index < -0.39 is 6.10 Å². The second kappa shape index (κ2) is 12.2. The van der Waals surface area contributed by atoms with Gasteiger partial charge in [-0.3, -0.25) is 0 Å². The molecule has 0 aliphatic rings. The van der Waals surface area contributed by atoms with E-state index in [9.17, 15) is 5.11 Å². The summed E-state index contributed by atoms with van der Waals surface area (Å²) in [6.45, 7) is 3.32. The zero-order valence-corrected chi connectivity index (χ0v) is 13.9. The minimum atomic E-state index is -0.481. The quantitative estimate of drug-likeness (QED) is 0.457. The Balaban J connectivity index is 2.56. The van der Waals surface area contributed by atoms with Crippen LogP contribution in [0.3, 0.4) is 0 Å². The van der Waals surface area contributed by atoms with Crippen LogP contribution in [0, 0.1) is 5.92 Å². The maximum absolute atomic E-state index is 10.6. The van der Waals surface area contributed by atoms with Gasteiger partial charge in [-0.2, -0.15) is 0 Å². The van der Waals surface area contributed by atoms with Gasteiger partial charge in [0.2, 0.25) is 0 Å². The lowest BCUT2D eigenvalue weighted by Gasteiger charge is -2.20. The lowest BCUT2D eigenvalue weighted by molar-refractivity contribution is 0.112. The summed E-state index contributed by atoms with van der Waals surface area (Å²) in [5, 5.41) is 10.6. The SMILES string of the molecule is CCCCCC[C@H](/C=C/OCCOC)[C@H](O)c1ccccc1. The molecule has 0 saturated heterocycles. The summed E-state index contributed by atoms with van der Waals surface area (Å²) in [5.41, 5.74) is 0.963. The lowest BCUT2D eigenvalue weighted by atomic mass is 9.90. The van der Waals surface area contributed by atoms with E-state index in [0.29, 0.717) is 13.2 Å². The van der Waals surface area contributed by atoms with Gasteiger partial charge in [0.05, 0.1) is 19.0 Å². The predicted octanol–water partition coefficient (Wildman–Crippen LogP) is 4.48. The molecule has 3 nitrogen and oxygen atoms in total.